The van der Waals surface area contributed by atoms with E-state index in [0.717, 1.165) is 18.5 Å². The van der Waals surface area contributed by atoms with Crippen molar-refractivity contribution in [1.82, 2.24) is 15.1 Å². The molecule has 5 nitrogen and oxygen atoms in total. The average molecular weight is 420 g/mol. The van der Waals surface area contributed by atoms with E-state index in [-0.39, 0.29) is 24.8 Å². The summed E-state index contributed by atoms with van der Waals surface area (Å²) in [5, 5.41) is 7.73. The molecule has 2 aromatic rings. The zero-order valence-electron chi connectivity index (χ0n) is 15.7. The van der Waals surface area contributed by atoms with E-state index in [9.17, 15) is 13.2 Å². The highest BCUT2D eigenvalue weighted by atomic mass is 35.5. The second kappa shape index (κ2) is 10.0. The molecular weight excluding hydrogens is 395 g/mol. The number of rotatable bonds is 7. The zero-order chi connectivity index (χ0) is 19.3. The summed E-state index contributed by atoms with van der Waals surface area (Å²) in [6.45, 7) is 0.775. The SMILES string of the molecule is CNCc1cc(OCc2cccc(OC(F)(F)F)c2)n(C2CCCCC2)n1.Cl. The van der Waals surface area contributed by atoms with Crippen LogP contribution in [0.4, 0.5) is 13.2 Å². The molecule has 1 saturated carbocycles. The summed E-state index contributed by atoms with van der Waals surface area (Å²) in [4.78, 5) is 0. The van der Waals surface area contributed by atoms with E-state index in [1.165, 1.54) is 37.5 Å². The van der Waals surface area contributed by atoms with Crippen LogP contribution in [0, 0.1) is 0 Å². The molecule has 0 amide bonds. The molecule has 1 N–H and O–H groups in total. The first-order valence-corrected chi connectivity index (χ1v) is 9.15. The summed E-state index contributed by atoms with van der Waals surface area (Å²) in [5.41, 5.74) is 1.48. The number of halogens is 4. The van der Waals surface area contributed by atoms with E-state index in [4.69, 9.17) is 4.74 Å². The third-order valence-electron chi connectivity index (χ3n) is 4.55. The van der Waals surface area contributed by atoms with E-state index in [0.29, 0.717) is 24.0 Å². The Morgan fingerprint density at radius 3 is 2.61 bits per heavy atom. The molecule has 0 spiro atoms. The van der Waals surface area contributed by atoms with Crippen LogP contribution in [0.2, 0.25) is 0 Å². The first-order chi connectivity index (χ1) is 12.9. The number of aromatic nitrogens is 2. The van der Waals surface area contributed by atoms with Crippen molar-refractivity contribution in [2.75, 3.05) is 7.05 Å². The first kappa shape index (κ1) is 22.4. The minimum atomic E-state index is -4.71. The Kier molecular flexibility index (Phi) is 8.00. The van der Waals surface area contributed by atoms with Crippen LogP contribution in [0.25, 0.3) is 0 Å². The van der Waals surface area contributed by atoms with Crippen LogP contribution >= 0.6 is 12.4 Å². The highest BCUT2D eigenvalue weighted by Crippen LogP contribution is 2.32. The van der Waals surface area contributed by atoms with Crippen molar-refractivity contribution in [1.29, 1.82) is 0 Å². The molecule has 1 fully saturated rings. The quantitative estimate of drug-likeness (QED) is 0.685. The number of hydrogen-bond donors (Lipinski definition) is 1. The van der Waals surface area contributed by atoms with Crippen LogP contribution in [-0.4, -0.2) is 23.2 Å². The molecule has 1 aromatic carbocycles. The maximum atomic E-state index is 12.4. The van der Waals surface area contributed by atoms with Crippen LogP contribution in [0.3, 0.4) is 0 Å². The van der Waals surface area contributed by atoms with Crippen molar-refractivity contribution < 1.29 is 22.6 Å². The summed E-state index contributed by atoms with van der Waals surface area (Å²) >= 11 is 0. The van der Waals surface area contributed by atoms with Crippen molar-refractivity contribution in [2.45, 2.75) is 57.7 Å². The molecule has 0 aliphatic heterocycles. The van der Waals surface area contributed by atoms with E-state index >= 15 is 0 Å². The maximum Gasteiger partial charge on any atom is 0.573 e. The molecular formula is C19H25ClF3N3O2. The third-order valence-corrected chi connectivity index (χ3v) is 4.55. The molecule has 0 atom stereocenters. The van der Waals surface area contributed by atoms with Gasteiger partial charge in [-0.1, -0.05) is 31.4 Å². The molecule has 0 saturated heterocycles. The van der Waals surface area contributed by atoms with Crippen molar-refractivity contribution in [3.63, 3.8) is 0 Å². The van der Waals surface area contributed by atoms with Gasteiger partial charge in [0.2, 0.25) is 5.88 Å². The Balaban J connectivity index is 0.00000280. The highest BCUT2D eigenvalue weighted by Gasteiger charge is 2.31. The van der Waals surface area contributed by atoms with Gasteiger partial charge in [-0.3, -0.25) is 0 Å². The van der Waals surface area contributed by atoms with Crippen LogP contribution in [0.5, 0.6) is 11.6 Å². The van der Waals surface area contributed by atoms with Gasteiger partial charge in [0, 0.05) is 12.6 Å². The van der Waals surface area contributed by atoms with Gasteiger partial charge in [0.1, 0.15) is 12.4 Å². The molecule has 1 aliphatic rings. The van der Waals surface area contributed by atoms with Crippen LogP contribution in [0.15, 0.2) is 30.3 Å². The molecule has 1 aliphatic carbocycles. The number of benzene rings is 1. The van der Waals surface area contributed by atoms with Gasteiger partial charge in [-0.2, -0.15) is 5.10 Å². The van der Waals surface area contributed by atoms with Gasteiger partial charge in [-0.05, 0) is 37.6 Å². The van der Waals surface area contributed by atoms with Crippen molar-refractivity contribution in [3.8, 4) is 11.6 Å². The second-order valence-corrected chi connectivity index (χ2v) is 6.72. The monoisotopic (exact) mass is 419 g/mol. The lowest BCUT2D eigenvalue weighted by molar-refractivity contribution is -0.274. The predicted molar refractivity (Wildman–Crippen MR) is 102 cm³/mol. The molecule has 156 valence electrons. The summed E-state index contributed by atoms with van der Waals surface area (Å²) < 4.78 is 49.0. The lowest BCUT2D eigenvalue weighted by Crippen LogP contribution is -2.17. The summed E-state index contributed by atoms with van der Waals surface area (Å²) in [6.07, 6.45) is 0.993. The Bertz CT molecular complexity index is 746. The largest absolute Gasteiger partial charge is 0.573 e. The van der Waals surface area contributed by atoms with Crippen molar-refractivity contribution in [3.05, 3.63) is 41.6 Å². The second-order valence-electron chi connectivity index (χ2n) is 6.72. The molecule has 0 radical (unpaired) electrons. The smallest absolute Gasteiger partial charge is 0.473 e. The van der Waals surface area contributed by atoms with Crippen LogP contribution in [-0.2, 0) is 13.2 Å². The van der Waals surface area contributed by atoms with E-state index < -0.39 is 6.36 Å². The molecule has 9 heteroatoms. The van der Waals surface area contributed by atoms with Gasteiger partial charge in [-0.15, -0.1) is 25.6 Å². The van der Waals surface area contributed by atoms with Gasteiger partial charge in [0.15, 0.2) is 0 Å². The number of alkyl halides is 3. The third kappa shape index (κ3) is 6.31. The lowest BCUT2D eigenvalue weighted by atomic mass is 9.96. The van der Waals surface area contributed by atoms with Crippen LogP contribution in [0.1, 0.15) is 49.4 Å². The van der Waals surface area contributed by atoms with Gasteiger partial charge in [0.25, 0.3) is 0 Å². The van der Waals surface area contributed by atoms with E-state index in [1.54, 1.807) is 6.07 Å². The molecule has 1 aromatic heterocycles. The first-order valence-electron chi connectivity index (χ1n) is 9.15. The number of hydrogen-bond acceptors (Lipinski definition) is 4. The fraction of sp³-hybridized carbons (Fsp3) is 0.526. The molecule has 3 rings (SSSR count). The van der Waals surface area contributed by atoms with Crippen molar-refractivity contribution >= 4 is 12.4 Å². The Labute approximate surface area is 168 Å². The van der Waals surface area contributed by atoms with Gasteiger partial charge >= 0.3 is 6.36 Å². The molecule has 0 bridgehead atoms. The topological polar surface area (TPSA) is 48.3 Å². The minimum Gasteiger partial charge on any atom is -0.473 e. The summed E-state index contributed by atoms with van der Waals surface area (Å²) in [5.74, 6) is 0.398. The normalized spacial score (nSPS) is 15.1. The Morgan fingerprint density at radius 1 is 1.18 bits per heavy atom. The van der Waals surface area contributed by atoms with E-state index in [2.05, 4.69) is 15.2 Å². The summed E-state index contributed by atoms with van der Waals surface area (Å²) in [7, 11) is 1.85. The predicted octanol–water partition coefficient (Wildman–Crippen LogP) is 5.01. The standard InChI is InChI=1S/C19H24F3N3O2.ClH/c1-23-12-15-11-18(25(24-15)16-7-3-2-4-8-16)26-13-14-6-5-9-17(10-14)27-19(20,21)22;/h5-6,9-11,16,23H,2-4,7-8,12-13H2,1H3;1H. The van der Waals surface area contributed by atoms with E-state index in [1.807, 2.05) is 17.8 Å². The van der Waals surface area contributed by atoms with Crippen molar-refractivity contribution in [2.24, 2.45) is 0 Å². The summed E-state index contributed by atoms with van der Waals surface area (Å²) in [6, 6.07) is 8.03. The number of nitrogens with zero attached hydrogens (tertiary/aromatic N) is 2. The fourth-order valence-corrected chi connectivity index (χ4v) is 3.38. The Morgan fingerprint density at radius 2 is 1.93 bits per heavy atom. The highest BCUT2D eigenvalue weighted by molar-refractivity contribution is 5.85. The molecule has 28 heavy (non-hydrogen) atoms. The van der Waals surface area contributed by atoms with Crippen LogP contribution < -0.4 is 14.8 Å². The van der Waals surface area contributed by atoms with Gasteiger partial charge in [0.05, 0.1) is 11.7 Å². The lowest BCUT2D eigenvalue weighted by Gasteiger charge is -2.23. The number of nitrogens with one attached hydrogen (secondary N) is 1. The average Bonchev–Trinajstić information content (AvgIpc) is 3.03. The maximum absolute atomic E-state index is 12.4. The van der Waals surface area contributed by atoms with Gasteiger partial charge in [-0.25, -0.2) is 4.68 Å². The van der Waals surface area contributed by atoms with Gasteiger partial charge < -0.3 is 14.8 Å². The molecule has 1 heterocycles. The minimum absolute atomic E-state index is 0. The molecule has 0 unspecified atom stereocenters. The fourth-order valence-electron chi connectivity index (χ4n) is 3.38. The number of ether oxygens (including phenoxy) is 2. The Hall–Kier alpha value is -1.93. The zero-order valence-corrected chi connectivity index (χ0v) is 16.5.